The number of hydrogen-bond acceptors (Lipinski definition) is 8. The molecule has 3 atom stereocenters. The predicted octanol–water partition coefficient (Wildman–Crippen LogP) is 3.13. The second-order valence-electron chi connectivity index (χ2n) is 9.58. The maximum absolute atomic E-state index is 11.8. The van der Waals surface area contributed by atoms with Gasteiger partial charge in [0, 0.05) is 10.9 Å². The fourth-order valence-corrected chi connectivity index (χ4v) is 5.44. The molecule has 0 spiro atoms. The van der Waals surface area contributed by atoms with E-state index in [1.54, 1.807) is 25.2 Å². The van der Waals surface area contributed by atoms with Crippen LogP contribution in [0.2, 0.25) is 0 Å². The second-order valence-corrected chi connectivity index (χ2v) is 10.7. The Labute approximate surface area is 226 Å². The third-order valence-corrected chi connectivity index (χ3v) is 7.67. The quantitative estimate of drug-likeness (QED) is 0.251. The molecule has 1 aliphatic rings. The molecule has 0 fully saturated rings. The third kappa shape index (κ3) is 5.88. The Morgan fingerprint density at radius 2 is 1.45 bits per heavy atom. The van der Waals surface area contributed by atoms with E-state index < -0.39 is 23.1 Å². The molecule has 0 unspecified atom stereocenters. The van der Waals surface area contributed by atoms with Gasteiger partial charge in [-0.2, -0.15) is 0 Å². The topological polar surface area (TPSA) is 166 Å². The van der Waals surface area contributed by atoms with Crippen LogP contribution < -0.4 is 11.1 Å². The van der Waals surface area contributed by atoms with Crippen molar-refractivity contribution in [1.82, 2.24) is 10.3 Å². The average Bonchev–Trinajstić information content (AvgIpc) is 3.26. The molecular weight excluding hydrogens is 506 g/mol. The number of nitrogens with two attached hydrogens (primary N) is 1. The lowest BCUT2D eigenvalue weighted by atomic mass is 9.73. The van der Waals surface area contributed by atoms with Crippen LogP contribution in [-0.4, -0.2) is 49.9 Å². The first-order valence-electron chi connectivity index (χ1n) is 12.5. The predicted molar refractivity (Wildman–Crippen MR) is 146 cm³/mol. The van der Waals surface area contributed by atoms with E-state index in [-0.39, 0.29) is 11.1 Å². The molecule has 0 amide bonds. The van der Waals surface area contributed by atoms with Crippen LogP contribution in [0.4, 0.5) is 5.13 Å². The van der Waals surface area contributed by atoms with Gasteiger partial charge >= 0.3 is 11.9 Å². The molecule has 1 heterocycles. The van der Waals surface area contributed by atoms with Crippen molar-refractivity contribution >= 4 is 28.4 Å². The monoisotopic (exact) mass is 541 g/mol. The van der Waals surface area contributed by atoms with E-state index in [4.69, 9.17) is 5.73 Å². The average molecular weight is 542 g/mol. The molecule has 7 N–H and O–H groups in total. The van der Waals surface area contributed by atoms with Crippen LogP contribution in [0, 0.1) is 13.8 Å². The van der Waals surface area contributed by atoms with Crippen molar-refractivity contribution < 1.29 is 30.0 Å². The largest absolute Gasteiger partial charge is 0.479 e. The highest BCUT2D eigenvalue weighted by molar-refractivity contribution is 7.15. The minimum Gasteiger partial charge on any atom is -0.479 e. The van der Waals surface area contributed by atoms with Crippen molar-refractivity contribution in [2.75, 3.05) is 12.3 Å². The van der Waals surface area contributed by atoms with Gasteiger partial charge in [-0.05, 0) is 57.2 Å². The Balaban J connectivity index is 0.000000241. The van der Waals surface area contributed by atoms with Gasteiger partial charge in [-0.25, -0.2) is 14.6 Å². The standard InChI is InChI=1S/C18H18O6.C10H17N3S/c1-11-3-7-13(8-4-11)17(23,15(19)20)18(24,16(21)22)14-9-5-12(2)6-10-14;1-2-5-12-7-3-4-8-9(6-7)14-10(11)13-8/h3-10,23-24H,1-2H3,(H,19,20)(H,21,22);7,12H,2-6H2,1H3,(H2,11,13)/t17-,18-;7-/m11/s1. The molecule has 2 aromatic carbocycles. The number of aliphatic carboxylic acids is 2. The first kappa shape index (κ1) is 29.2. The molecule has 10 heteroatoms. The first-order chi connectivity index (χ1) is 17.9. The molecule has 38 heavy (non-hydrogen) atoms. The van der Waals surface area contributed by atoms with E-state index in [1.807, 2.05) is 0 Å². The van der Waals surface area contributed by atoms with Crippen molar-refractivity contribution in [2.45, 2.75) is 63.7 Å². The zero-order valence-corrected chi connectivity index (χ0v) is 22.6. The lowest BCUT2D eigenvalue weighted by Crippen LogP contribution is -2.59. The van der Waals surface area contributed by atoms with Crippen molar-refractivity contribution in [3.63, 3.8) is 0 Å². The number of aromatic nitrogens is 1. The number of anilines is 1. The van der Waals surface area contributed by atoms with Crippen LogP contribution in [0.15, 0.2) is 48.5 Å². The number of carboxylic acids is 2. The fraction of sp³-hybridized carbons (Fsp3) is 0.393. The SMILES string of the molecule is CCCN[C@@H]1CCc2nc(N)sc2C1.Cc1ccc([C@@](O)(C(=O)O)[C@](O)(C(=O)O)c2ccc(C)cc2)cc1. The highest BCUT2D eigenvalue weighted by Gasteiger charge is 2.63. The minimum absolute atomic E-state index is 0.230. The minimum atomic E-state index is -3.07. The summed E-state index contributed by atoms with van der Waals surface area (Å²) in [5.41, 5.74) is 1.92. The highest BCUT2D eigenvalue weighted by atomic mass is 32.1. The van der Waals surface area contributed by atoms with Crippen LogP contribution in [0.5, 0.6) is 0 Å². The normalized spacial score (nSPS) is 17.8. The molecule has 204 valence electrons. The smallest absolute Gasteiger partial charge is 0.344 e. The summed E-state index contributed by atoms with van der Waals surface area (Å²) in [5.74, 6) is -3.73. The number of aryl methyl sites for hydroxylation is 3. The molecular formula is C28H35N3O6S. The van der Waals surface area contributed by atoms with Crippen LogP contribution in [0.25, 0.3) is 0 Å². The van der Waals surface area contributed by atoms with Gasteiger partial charge in [-0.1, -0.05) is 66.6 Å². The molecule has 1 aromatic heterocycles. The Morgan fingerprint density at radius 3 is 1.87 bits per heavy atom. The van der Waals surface area contributed by atoms with Crippen LogP contribution in [0.3, 0.4) is 0 Å². The van der Waals surface area contributed by atoms with E-state index in [1.165, 1.54) is 71.9 Å². The number of nitrogen functional groups attached to an aromatic ring is 1. The fourth-order valence-electron chi connectivity index (χ4n) is 4.48. The number of nitrogens with one attached hydrogen (secondary N) is 1. The van der Waals surface area contributed by atoms with Crippen molar-refractivity contribution in [3.8, 4) is 0 Å². The number of hydrogen-bond donors (Lipinski definition) is 6. The molecule has 0 saturated heterocycles. The van der Waals surface area contributed by atoms with E-state index in [0.717, 1.165) is 35.6 Å². The van der Waals surface area contributed by atoms with E-state index in [9.17, 15) is 30.0 Å². The van der Waals surface area contributed by atoms with Crippen LogP contribution in [0.1, 0.15) is 52.6 Å². The van der Waals surface area contributed by atoms with Gasteiger partial charge in [-0.3, -0.25) is 0 Å². The molecule has 4 rings (SSSR count). The number of aliphatic hydroxyl groups is 2. The van der Waals surface area contributed by atoms with Crippen molar-refractivity contribution in [2.24, 2.45) is 0 Å². The Morgan fingerprint density at radius 1 is 0.974 bits per heavy atom. The Bertz CT molecular complexity index is 1190. The number of thiazole rings is 1. The van der Waals surface area contributed by atoms with Gasteiger partial charge in [0.05, 0.1) is 5.69 Å². The summed E-state index contributed by atoms with van der Waals surface area (Å²) in [7, 11) is 0. The van der Waals surface area contributed by atoms with E-state index in [2.05, 4.69) is 17.2 Å². The molecule has 0 bridgehead atoms. The number of carbonyl (C=O) groups is 2. The molecule has 0 saturated carbocycles. The van der Waals surface area contributed by atoms with Crippen molar-refractivity contribution in [3.05, 3.63) is 81.4 Å². The summed E-state index contributed by atoms with van der Waals surface area (Å²) in [6.07, 6.45) is 4.61. The zero-order valence-electron chi connectivity index (χ0n) is 21.8. The summed E-state index contributed by atoms with van der Waals surface area (Å²) in [6.45, 7) is 6.83. The lowest BCUT2D eigenvalue weighted by molar-refractivity contribution is -0.213. The molecule has 3 aromatic rings. The number of benzene rings is 2. The van der Waals surface area contributed by atoms with Crippen LogP contribution >= 0.6 is 11.3 Å². The van der Waals surface area contributed by atoms with Gasteiger partial charge in [-0.15, -0.1) is 11.3 Å². The summed E-state index contributed by atoms with van der Waals surface area (Å²) in [5, 5.41) is 45.1. The number of nitrogens with zero attached hydrogens (tertiary/aromatic N) is 1. The highest BCUT2D eigenvalue weighted by Crippen LogP contribution is 2.41. The summed E-state index contributed by atoms with van der Waals surface area (Å²) < 4.78 is 0. The van der Waals surface area contributed by atoms with Crippen LogP contribution in [-0.2, 0) is 33.6 Å². The molecule has 1 aliphatic carbocycles. The maximum Gasteiger partial charge on any atom is 0.344 e. The van der Waals surface area contributed by atoms with E-state index in [0.29, 0.717) is 6.04 Å². The number of carboxylic acid groups (broad SMARTS) is 2. The second kappa shape index (κ2) is 12.0. The summed E-state index contributed by atoms with van der Waals surface area (Å²) in [4.78, 5) is 29.4. The Hall–Kier alpha value is -3.31. The maximum atomic E-state index is 11.8. The Kier molecular flexibility index (Phi) is 9.26. The van der Waals surface area contributed by atoms with Gasteiger partial charge in [0.2, 0.25) is 11.2 Å². The summed E-state index contributed by atoms with van der Waals surface area (Å²) >= 11 is 1.65. The van der Waals surface area contributed by atoms with E-state index >= 15 is 0 Å². The van der Waals surface area contributed by atoms with Crippen molar-refractivity contribution in [1.29, 1.82) is 0 Å². The molecule has 0 aliphatic heterocycles. The first-order valence-corrected chi connectivity index (χ1v) is 13.3. The van der Waals surface area contributed by atoms with Gasteiger partial charge in [0.15, 0.2) is 5.13 Å². The number of rotatable bonds is 8. The molecule has 9 nitrogen and oxygen atoms in total. The van der Waals surface area contributed by atoms with Gasteiger partial charge in [0.25, 0.3) is 0 Å². The lowest BCUT2D eigenvalue weighted by Gasteiger charge is -2.37. The summed E-state index contributed by atoms with van der Waals surface area (Å²) in [6, 6.07) is 11.9. The van der Waals surface area contributed by atoms with Gasteiger partial charge in [0.1, 0.15) is 0 Å². The molecule has 0 radical (unpaired) electrons. The zero-order chi connectivity index (χ0) is 28.1. The van der Waals surface area contributed by atoms with Gasteiger partial charge < -0.3 is 31.5 Å². The third-order valence-electron chi connectivity index (χ3n) is 6.72. The number of fused-ring (bicyclic) bond motifs is 1.